The van der Waals surface area contributed by atoms with E-state index in [0.29, 0.717) is 5.75 Å². The Morgan fingerprint density at radius 1 is 0.957 bits per heavy atom. The second-order valence-electron chi connectivity index (χ2n) is 5.68. The molecular formula is C14H22N2O5S2. The second-order valence-corrected chi connectivity index (χ2v) is 9.57. The Kier molecular flexibility index (Phi) is 5.05. The highest BCUT2D eigenvalue weighted by molar-refractivity contribution is 7.89. The molecule has 0 saturated carbocycles. The molecule has 1 aromatic carbocycles. The average Bonchev–Trinajstić information content (AvgIpc) is 2.45. The zero-order valence-electron chi connectivity index (χ0n) is 13.7. The van der Waals surface area contributed by atoms with Gasteiger partial charge in [-0.15, -0.1) is 0 Å². The van der Waals surface area contributed by atoms with E-state index in [1.807, 2.05) is 13.0 Å². The fourth-order valence-corrected chi connectivity index (χ4v) is 5.31. The summed E-state index contributed by atoms with van der Waals surface area (Å²) in [5.74, 6) is 0.334. The smallest absolute Gasteiger partial charge is 0.246 e. The van der Waals surface area contributed by atoms with Crippen LogP contribution in [0.25, 0.3) is 0 Å². The summed E-state index contributed by atoms with van der Waals surface area (Å²) in [6.45, 7) is 4.20. The van der Waals surface area contributed by atoms with Crippen LogP contribution < -0.4 is 4.74 Å². The van der Waals surface area contributed by atoms with Gasteiger partial charge in [-0.25, -0.2) is 16.8 Å². The van der Waals surface area contributed by atoms with E-state index < -0.39 is 20.0 Å². The van der Waals surface area contributed by atoms with E-state index in [-0.39, 0.29) is 31.1 Å². The molecule has 2 rings (SSSR count). The van der Waals surface area contributed by atoms with Crippen LogP contribution in [0.3, 0.4) is 0 Å². The van der Waals surface area contributed by atoms with Crippen molar-refractivity contribution in [3.05, 3.63) is 23.3 Å². The molecule has 0 aliphatic carbocycles. The molecular weight excluding hydrogens is 340 g/mol. The van der Waals surface area contributed by atoms with Crippen LogP contribution in [0.15, 0.2) is 17.0 Å². The lowest BCUT2D eigenvalue weighted by Crippen LogP contribution is -2.50. The van der Waals surface area contributed by atoms with Crippen LogP contribution in [0.2, 0.25) is 0 Å². The van der Waals surface area contributed by atoms with Gasteiger partial charge in [-0.1, -0.05) is 6.07 Å². The maximum absolute atomic E-state index is 12.9. The molecule has 1 aliphatic heterocycles. The first-order valence-corrected chi connectivity index (χ1v) is 10.5. The Labute approximate surface area is 137 Å². The molecule has 1 heterocycles. The van der Waals surface area contributed by atoms with Crippen molar-refractivity contribution < 1.29 is 21.6 Å². The quantitative estimate of drug-likeness (QED) is 0.782. The summed E-state index contributed by atoms with van der Waals surface area (Å²) in [7, 11) is -5.59. The van der Waals surface area contributed by atoms with Gasteiger partial charge in [-0.3, -0.25) is 0 Å². The van der Waals surface area contributed by atoms with Crippen molar-refractivity contribution in [1.82, 2.24) is 8.61 Å². The molecule has 9 heteroatoms. The minimum absolute atomic E-state index is 0.130. The van der Waals surface area contributed by atoms with Crippen molar-refractivity contribution in [3.8, 4) is 5.75 Å². The predicted octanol–water partition coefficient (Wildman–Crippen LogP) is 0.578. The Balaban J connectivity index is 2.34. The van der Waals surface area contributed by atoms with Crippen LogP contribution >= 0.6 is 0 Å². The van der Waals surface area contributed by atoms with Crippen molar-refractivity contribution in [3.63, 3.8) is 0 Å². The number of piperazine rings is 1. The van der Waals surface area contributed by atoms with E-state index in [2.05, 4.69) is 0 Å². The Morgan fingerprint density at radius 3 is 1.96 bits per heavy atom. The van der Waals surface area contributed by atoms with Crippen molar-refractivity contribution in [2.45, 2.75) is 18.7 Å². The van der Waals surface area contributed by atoms with Crippen LogP contribution in [-0.2, 0) is 20.0 Å². The zero-order chi connectivity index (χ0) is 17.4. The molecule has 0 amide bonds. The number of aryl methyl sites for hydroxylation is 2. The summed E-state index contributed by atoms with van der Waals surface area (Å²) in [4.78, 5) is 0.130. The van der Waals surface area contributed by atoms with Gasteiger partial charge < -0.3 is 4.74 Å². The molecule has 0 aromatic heterocycles. The van der Waals surface area contributed by atoms with Crippen molar-refractivity contribution in [2.75, 3.05) is 39.5 Å². The van der Waals surface area contributed by atoms with Gasteiger partial charge in [0.25, 0.3) is 0 Å². The number of rotatable bonds is 4. The number of methoxy groups -OCH3 is 1. The number of ether oxygens (including phenoxy) is 1. The molecule has 0 N–H and O–H groups in total. The number of hydrogen-bond donors (Lipinski definition) is 0. The number of nitrogens with zero attached hydrogens (tertiary/aromatic N) is 2. The van der Waals surface area contributed by atoms with Crippen LogP contribution in [0, 0.1) is 13.8 Å². The fraction of sp³-hybridized carbons (Fsp3) is 0.571. The van der Waals surface area contributed by atoms with E-state index in [1.54, 1.807) is 13.0 Å². The normalized spacial score (nSPS) is 18.1. The SMILES string of the molecule is COc1c(C)cc(C)cc1S(=O)(=O)N1CCN(S(C)(=O)=O)CC1. The van der Waals surface area contributed by atoms with Crippen molar-refractivity contribution >= 4 is 20.0 Å². The topological polar surface area (TPSA) is 84.0 Å². The molecule has 0 radical (unpaired) electrons. The third-order valence-corrected chi connectivity index (χ3v) is 7.08. The molecule has 0 atom stereocenters. The minimum Gasteiger partial charge on any atom is -0.495 e. The maximum atomic E-state index is 12.9. The Bertz CT molecular complexity index is 795. The Hall–Kier alpha value is -1.16. The molecule has 7 nitrogen and oxygen atoms in total. The van der Waals surface area contributed by atoms with E-state index in [4.69, 9.17) is 4.74 Å². The van der Waals surface area contributed by atoms with Crippen molar-refractivity contribution in [2.24, 2.45) is 0 Å². The first-order chi connectivity index (χ1) is 10.6. The molecule has 0 spiro atoms. The summed E-state index contributed by atoms with van der Waals surface area (Å²) < 4.78 is 56.8. The highest BCUT2D eigenvalue weighted by Gasteiger charge is 2.33. The molecule has 1 aromatic rings. The van der Waals surface area contributed by atoms with Gasteiger partial charge in [0, 0.05) is 26.2 Å². The maximum Gasteiger partial charge on any atom is 0.246 e. The number of sulfonamides is 2. The van der Waals surface area contributed by atoms with Gasteiger partial charge in [0.15, 0.2) is 0 Å². The van der Waals surface area contributed by atoms with E-state index >= 15 is 0 Å². The summed E-state index contributed by atoms with van der Waals surface area (Å²) in [6.07, 6.45) is 1.13. The van der Waals surface area contributed by atoms with Crippen LogP contribution in [0.1, 0.15) is 11.1 Å². The van der Waals surface area contributed by atoms with E-state index in [9.17, 15) is 16.8 Å². The lowest BCUT2D eigenvalue weighted by atomic mass is 10.1. The molecule has 23 heavy (non-hydrogen) atoms. The standard InChI is InChI=1S/C14H22N2O5S2/c1-11-9-12(2)14(21-3)13(10-11)23(19,20)16-7-5-15(6-8-16)22(4,17)18/h9-10H,5-8H2,1-4H3. The molecule has 130 valence electrons. The largest absolute Gasteiger partial charge is 0.495 e. The average molecular weight is 362 g/mol. The zero-order valence-corrected chi connectivity index (χ0v) is 15.4. The highest BCUT2D eigenvalue weighted by atomic mass is 32.2. The van der Waals surface area contributed by atoms with Gasteiger partial charge in [0.1, 0.15) is 10.6 Å². The van der Waals surface area contributed by atoms with E-state index in [1.165, 1.54) is 15.7 Å². The first-order valence-electron chi connectivity index (χ1n) is 7.18. The monoisotopic (exact) mass is 362 g/mol. The third kappa shape index (κ3) is 3.68. The van der Waals surface area contributed by atoms with Crippen molar-refractivity contribution in [1.29, 1.82) is 0 Å². The summed E-state index contributed by atoms with van der Waals surface area (Å²) >= 11 is 0. The molecule has 1 fully saturated rings. The summed E-state index contributed by atoms with van der Waals surface area (Å²) in [5, 5.41) is 0. The van der Waals surface area contributed by atoms with Crippen LogP contribution in [-0.4, -0.2) is 65.0 Å². The second kappa shape index (κ2) is 6.39. The Morgan fingerprint density at radius 2 is 1.48 bits per heavy atom. The molecule has 1 aliphatic rings. The first kappa shape index (κ1) is 18.2. The summed E-state index contributed by atoms with van der Waals surface area (Å²) in [6, 6.07) is 3.45. The predicted molar refractivity (Wildman–Crippen MR) is 87.6 cm³/mol. The van der Waals surface area contributed by atoms with Crippen LogP contribution in [0.5, 0.6) is 5.75 Å². The number of benzene rings is 1. The number of hydrogen-bond acceptors (Lipinski definition) is 5. The lowest BCUT2D eigenvalue weighted by molar-refractivity contribution is 0.273. The van der Waals surface area contributed by atoms with Gasteiger partial charge in [-0.2, -0.15) is 8.61 Å². The van der Waals surface area contributed by atoms with E-state index in [0.717, 1.165) is 17.4 Å². The fourth-order valence-electron chi connectivity index (χ4n) is 2.75. The van der Waals surface area contributed by atoms with Gasteiger partial charge in [0.2, 0.25) is 20.0 Å². The highest BCUT2D eigenvalue weighted by Crippen LogP contribution is 2.31. The molecule has 1 saturated heterocycles. The van der Waals surface area contributed by atoms with Crippen LogP contribution in [0.4, 0.5) is 0 Å². The van der Waals surface area contributed by atoms with Gasteiger partial charge in [0.05, 0.1) is 13.4 Å². The van der Waals surface area contributed by atoms with Gasteiger partial charge >= 0.3 is 0 Å². The minimum atomic E-state index is -3.73. The summed E-state index contributed by atoms with van der Waals surface area (Å²) in [5.41, 5.74) is 1.58. The molecule has 0 unspecified atom stereocenters. The third-order valence-electron chi connectivity index (χ3n) is 3.87. The lowest BCUT2D eigenvalue weighted by Gasteiger charge is -2.32. The molecule has 0 bridgehead atoms. The van der Waals surface area contributed by atoms with Gasteiger partial charge in [-0.05, 0) is 31.0 Å².